The summed E-state index contributed by atoms with van der Waals surface area (Å²) in [5.74, 6) is -1.77. The second kappa shape index (κ2) is 10.6. The van der Waals surface area contributed by atoms with Gasteiger partial charge in [0.25, 0.3) is 17.7 Å². The molecular formula is C26H30N4O4. The number of rotatable bonds is 10. The second-order valence-corrected chi connectivity index (χ2v) is 8.73. The number of anilines is 1. The Bertz CT molecular complexity index is 1090. The van der Waals surface area contributed by atoms with Crippen molar-refractivity contribution in [3.8, 4) is 0 Å². The van der Waals surface area contributed by atoms with E-state index in [2.05, 4.69) is 5.32 Å². The van der Waals surface area contributed by atoms with E-state index < -0.39 is 23.8 Å². The standard InChI is InChI=1S/C26H30N4O4/c27-14-6-1-2-7-15-28-19-10-11-20-21(16-19)25(33)30(24(20)32)22-12-13-23(31)29(26(22)34)17-18-8-4-3-5-9-18/h3-5,8-11,16,22,28H,1-2,6-7,12-15,17,27H2. The number of piperidine rings is 1. The third kappa shape index (κ3) is 4.87. The molecule has 0 aromatic heterocycles. The summed E-state index contributed by atoms with van der Waals surface area (Å²) >= 11 is 0. The van der Waals surface area contributed by atoms with E-state index in [1.54, 1.807) is 18.2 Å². The van der Waals surface area contributed by atoms with E-state index in [1.165, 1.54) is 0 Å². The number of nitrogens with zero attached hydrogens (tertiary/aromatic N) is 2. The van der Waals surface area contributed by atoms with Crippen LogP contribution in [0.1, 0.15) is 64.8 Å². The third-order valence-electron chi connectivity index (χ3n) is 6.36. The first-order chi connectivity index (χ1) is 16.5. The topological polar surface area (TPSA) is 113 Å². The average molecular weight is 463 g/mol. The van der Waals surface area contributed by atoms with Gasteiger partial charge in [-0.3, -0.25) is 29.0 Å². The van der Waals surface area contributed by atoms with E-state index in [0.717, 1.165) is 53.3 Å². The maximum atomic E-state index is 13.2. The minimum absolute atomic E-state index is 0.105. The highest BCUT2D eigenvalue weighted by Gasteiger charge is 2.47. The molecule has 0 aliphatic carbocycles. The van der Waals surface area contributed by atoms with Crippen molar-refractivity contribution in [2.45, 2.75) is 51.1 Å². The molecule has 2 aliphatic rings. The van der Waals surface area contributed by atoms with E-state index in [-0.39, 0.29) is 36.4 Å². The number of nitrogens with one attached hydrogen (secondary N) is 1. The van der Waals surface area contributed by atoms with E-state index >= 15 is 0 Å². The summed E-state index contributed by atoms with van der Waals surface area (Å²) in [5.41, 5.74) is 7.66. The minimum atomic E-state index is -0.979. The van der Waals surface area contributed by atoms with Gasteiger partial charge in [0.2, 0.25) is 5.91 Å². The van der Waals surface area contributed by atoms with Crippen molar-refractivity contribution in [3.63, 3.8) is 0 Å². The lowest BCUT2D eigenvalue weighted by atomic mass is 10.0. The number of hydrogen-bond donors (Lipinski definition) is 2. The van der Waals surface area contributed by atoms with Crippen molar-refractivity contribution in [1.82, 2.24) is 9.80 Å². The maximum absolute atomic E-state index is 13.2. The summed E-state index contributed by atoms with van der Waals surface area (Å²) < 4.78 is 0. The van der Waals surface area contributed by atoms with Crippen LogP contribution in [0.2, 0.25) is 0 Å². The largest absolute Gasteiger partial charge is 0.385 e. The molecule has 8 nitrogen and oxygen atoms in total. The first kappa shape index (κ1) is 23.6. The van der Waals surface area contributed by atoms with Crippen molar-refractivity contribution in [3.05, 3.63) is 65.2 Å². The minimum Gasteiger partial charge on any atom is -0.385 e. The zero-order valence-electron chi connectivity index (χ0n) is 19.2. The number of benzene rings is 2. The fraction of sp³-hybridized carbons (Fsp3) is 0.385. The number of nitrogens with two attached hydrogens (primary N) is 1. The number of hydrogen-bond acceptors (Lipinski definition) is 6. The molecule has 0 spiro atoms. The summed E-state index contributed by atoms with van der Waals surface area (Å²) in [7, 11) is 0. The molecule has 178 valence electrons. The maximum Gasteiger partial charge on any atom is 0.262 e. The number of imide groups is 2. The van der Waals surface area contributed by atoms with Crippen LogP contribution >= 0.6 is 0 Å². The smallest absolute Gasteiger partial charge is 0.262 e. The molecule has 2 heterocycles. The van der Waals surface area contributed by atoms with Gasteiger partial charge in [-0.1, -0.05) is 43.2 Å². The molecule has 3 N–H and O–H groups in total. The Morgan fingerprint density at radius 3 is 2.38 bits per heavy atom. The van der Waals surface area contributed by atoms with Gasteiger partial charge in [-0.25, -0.2) is 0 Å². The van der Waals surface area contributed by atoms with Gasteiger partial charge >= 0.3 is 0 Å². The molecule has 0 saturated carbocycles. The molecule has 2 aromatic rings. The second-order valence-electron chi connectivity index (χ2n) is 8.73. The lowest BCUT2D eigenvalue weighted by Crippen LogP contribution is -2.55. The normalized spacial score (nSPS) is 18.0. The van der Waals surface area contributed by atoms with Gasteiger partial charge in [0.15, 0.2) is 0 Å². The van der Waals surface area contributed by atoms with E-state index in [9.17, 15) is 19.2 Å². The molecule has 1 saturated heterocycles. The van der Waals surface area contributed by atoms with Crippen molar-refractivity contribution in [1.29, 1.82) is 0 Å². The summed E-state index contributed by atoms with van der Waals surface area (Å²) in [4.78, 5) is 54.2. The van der Waals surface area contributed by atoms with Crippen molar-refractivity contribution in [2.75, 3.05) is 18.4 Å². The van der Waals surface area contributed by atoms with Crippen LogP contribution in [0.4, 0.5) is 5.69 Å². The third-order valence-corrected chi connectivity index (χ3v) is 6.36. The highest BCUT2D eigenvalue weighted by molar-refractivity contribution is 6.23. The molecule has 8 heteroatoms. The highest BCUT2D eigenvalue weighted by atomic mass is 16.2. The summed E-state index contributed by atoms with van der Waals surface area (Å²) in [6.07, 6.45) is 4.40. The number of carbonyl (C=O) groups is 4. The summed E-state index contributed by atoms with van der Waals surface area (Å²) in [6, 6.07) is 13.3. The molecule has 1 unspecified atom stereocenters. The number of likely N-dealkylation sites (tertiary alicyclic amines) is 1. The molecule has 4 amide bonds. The van der Waals surface area contributed by atoms with Crippen LogP contribution < -0.4 is 11.1 Å². The van der Waals surface area contributed by atoms with Crippen LogP contribution in [0.15, 0.2) is 48.5 Å². The molecule has 0 bridgehead atoms. The van der Waals surface area contributed by atoms with Crippen LogP contribution in [0.5, 0.6) is 0 Å². The molecule has 0 radical (unpaired) electrons. The summed E-state index contributed by atoms with van der Waals surface area (Å²) in [6.45, 7) is 1.58. The van der Waals surface area contributed by atoms with E-state index in [1.807, 2.05) is 30.3 Å². The van der Waals surface area contributed by atoms with E-state index in [0.29, 0.717) is 6.54 Å². The molecule has 4 rings (SSSR count). The predicted octanol–water partition coefficient (Wildman–Crippen LogP) is 2.93. The zero-order valence-corrected chi connectivity index (χ0v) is 19.2. The van der Waals surface area contributed by atoms with Crippen molar-refractivity contribution < 1.29 is 19.2 Å². The first-order valence-corrected chi connectivity index (χ1v) is 11.8. The van der Waals surface area contributed by atoms with Gasteiger partial charge in [0.05, 0.1) is 17.7 Å². The fourth-order valence-electron chi connectivity index (χ4n) is 4.50. The van der Waals surface area contributed by atoms with Gasteiger partial charge in [-0.15, -0.1) is 0 Å². The van der Waals surface area contributed by atoms with Crippen LogP contribution in [0.3, 0.4) is 0 Å². The fourth-order valence-corrected chi connectivity index (χ4v) is 4.50. The Morgan fingerprint density at radius 1 is 0.882 bits per heavy atom. The van der Waals surface area contributed by atoms with Crippen LogP contribution in [0.25, 0.3) is 0 Å². The van der Waals surface area contributed by atoms with Crippen molar-refractivity contribution >= 4 is 29.3 Å². The average Bonchev–Trinajstić information content (AvgIpc) is 3.09. The van der Waals surface area contributed by atoms with E-state index in [4.69, 9.17) is 5.73 Å². The lowest BCUT2D eigenvalue weighted by molar-refractivity contribution is -0.152. The van der Waals surface area contributed by atoms with Gasteiger partial charge in [-0.05, 0) is 49.6 Å². The first-order valence-electron chi connectivity index (χ1n) is 11.8. The molecule has 1 atom stereocenters. The van der Waals surface area contributed by atoms with Gasteiger partial charge < -0.3 is 11.1 Å². The Hall–Kier alpha value is -3.52. The molecular weight excluding hydrogens is 432 g/mol. The van der Waals surface area contributed by atoms with Crippen LogP contribution in [-0.2, 0) is 16.1 Å². The Balaban J connectivity index is 1.45. The van der Waals surface area contributed by atoms with Crippen molar-refractivity contribution in [2.24, 2.45) is 5.73 Å². The highest BCUT2D eigenvalue weighted by Crippen LogP contribution is 2.31. The van der Waals surface area contributed by atoms with Crippen LogP contribution in [-0.4, -0.2) is 52.6 Å². The number of fused-ring (bicyclic) bond motifs is 1. The monoisotopic (exact) mass is 462 g/mol. The molecule has 1 fully saturated rings. The molecule has 2 aliphatic heterocycles. The number of carbonyl (C=O) groups excluding carboxylic acids is 4. The summed E-state index contributed by atoms with van der Waals surface area (Å²) in [5, 5.41) is 3.30. The number of unbranched alkanes of at least 4 members (excludes halogenated alkanes) is 3. The SMILES string of the molecule is NCCCCCCNc1ccc2c(c1)C(=O)N(C1CCC(=O)N(Cc3ccccc3)C1=O)C2=O. The Labute approximate surface area is 199 Å². The molecule has 34 heavy (non-hydrogen) atoms. The van der Waals surface area contributed by atoms with Gasteiger partial charge in [0, 0.05) is 18.7 Å². The number of amides is 4. The Kier molecular flexibility index (Phi) is 7.37. The van der Waals surface area contributed by atoms with Gasteiger partial charge in [0.1, 0.15) is 6.04 Å². The molecule has 2 aromatic carbocycles. The zero-order chi connectivity index (χ0) is 24.1. The quantitative estimate of drug-likeness (QED) is 0.415. The Morgan fingerprint density at radius 2 is 1.62 bits per heavy atom. The predicted molar refractivity (Wildman–Crippen MR) is 128 cm³/mol. The van der Waals surface area contributed by atoms with Crippen LogP contribution in [0, 0.1) is 0 Å². The van der Waals surface area contributed by atoms with Gasteiger partial charge in [-0.2, -0.15) is 0 Å². The lowest BCUT2D eigenvalue weighted by Gasteiger charge is -2.34.